The molecule has 0 radical (unpaired) electrons. The number of halogens is 1. The second kappa shape index (κ2) is 8.38. The number of pyridine rings is 1. The van der Waals surface area contributed by atoms with Gasteiger partial charge >= 0.3 is 0 Å². The van der Waals surface area contributed by atoms with Gasteiger partial charge in [-0.1, -0.05) is 6.07 Å². The molecule has 0 N–H and O–H groups in total. The van der Waals surface area contributed by atoms with Crippen molar-refractivity contribution in [3.05, 3.63) is 83.9 Å². The second-order valence-corrected chi connectivity index (χ2v) is 12.0. The van der Waals surface area contributed by atoms with E-state index >= 15 is 0 Å². The number of benzene rings is 2. The third kappa shape index (κ3) is 3.87. The van der Waals surface area contributed by atoms with Gasteiger partial charge in [-0.3, -0.25) is 0 Å². The van der Waals surface area contributed by atoms with E-state index < -0.39 is 10.0 Å². The summed E-state index contributed by atoms with van der Waals surface area (Å²) < 4.78 is 48.2. The summed E-state index contributed by atoms with van der Waals surface area (Å²) in [4.78, 5) is 4.32. The number of sulfonamides is 1. The van der Waals surface area contributed by atoms with Crippen molar-refractivity contribution in [2.24, 2.45) is 5.92 Å². The van der Waals surface area contributed by atoms with E-state index in [0.717, 1.165) is 34.1 Å². The molecule has 1 saturated carbocycles. The van der Waals surface area contributed by atoms with Crippen LogP contribution >= 0.6 is 0 Å². The number of ether oxygens (including phenoxy) is 1. The lowest BCUT2D eigenvalue weighted by Gasteiger charge is -2.31. The van der Waals surface area contributed by atoms with Crippen LogP contribution in [-0.4, -0.2) is 52.9 Å². The third-order valence-electron chi connectivity index (χ3n) is 7.72. The quantitative estimate of drug-likeness (QED) is 0.405. The van der Waals surface area contributed by atoms with E-state index in [2.05, 4.69) is 29.1 Å². The van der Waals surface area contributed by atoms with Crippen LogP contribution in [0.4, 0.5) is 4.39 Å². The Bertz CT molecular complexity index is 1540. The van der Waals surface area contributed by atoms with Crippen molar-refractivity contribution in [1.82, 2.24) is 19.1 Å². The van der Waals surface area contributed by atoms with Crippen LogP contribution in [0.25, 0.3) is 16.6 Å². The fraction of sp³-hybridized carbons (Fsp3) is 0.333. The predicted molar refractivity (Wildman–Crippen MR) is 135 cm³/mol. The van der Waals surface area contributed by atoms with E-state index in [1.54, 1.807) is 27.3 Å². The number of hydrogen-bond donors (Lipinski definition) is 0. The third-order valence-corrected chi connectivity index (χ3v) is 8.94. The molecule has 186 valence electrons. The largest absolute Gasteiger partial charge is 0.474 e. The first-order valence-electron chi connectivity index (χ1n) is 12.0. The maximum absolute atomic E-state index is 13.5. The van der Waals surface area contributed by atoms with Crippen LogP contribution in [0.2, 0.25) is 0 Å². The highest BCUT2D eigenvalue weighted by Crippen LogP contribution is 2.53. The Labute approximate surface area is 209 Å². The number of aromatic nitrogens is 3. The summed E-state index contributed by atoms with van der Waals surface area (Å²) >= 11 is 0. The van der Waals surface area contributed by atoms with Gasteiger partial charge in [0.25, 0.3) is 0 Å². The monoisotopic (exact) mass is 506 g/mol. The number of rotatable bonds is 5. The first-order valence-corrected chi connectivity index (χ1v) is 13.9. The highest BCUT2D eigenvalue weighted by Gasteiger charge is 2.56. The van der Waals surface area contributed by atoms with Gasteiger partial charge in [0.15, 0.2) is 0 Å². The Morgan fingerprint density at radius 2 is 1.94 bits per heavy atom. The summed E-state index contributed by atoms with van der Waals surface area (Å²) in [5, 5.41) is 5.53. The van der Waals surface area contributed by atoms with Gasteiger partial charge < -0.3 is 4.74 Å². The Balaban J connectivity index is 1.41. The van der Waals surface area contributed by atoms with Gasteiger partial charge in [0.05, 0.1) is 23.7 Å². The van der Waals surface area contributed by atoms with Crippen molar-refractivity contribution in [2.45, 2.75) is 31.3 Å². The van der Waals surface area contributed by atoms with Crippen LogP contribution in [0.15, 0.2) is 67.0 Å². The fourth-order valence-corrected chi connectivity index (χ4v) is 7.03. The zero-order valence-electron chi connectivity index (χ0n) is 20.1. The van der Waals surface area contributed by atoms with Crippen LogP contribution in [0.3, 0.4) is 0 Å². The summed E-state index contributed by atoms with van der Waals surface area (Å²) in [6, 6.07) is 16.1. The van der Waals surface area contributed by atoms with Crippen LogP contribution in [-0.2, 0) is 15.4 Å². The van der Waals surface area contributed by atoms with Gasteiger partial charge in [0.1, 0.15) is 11.9 Å². The molecule has 1 aliphatic carbocycles. The van der Waals surface area contributed by atoms with Crippen LogP contribution in [0, 0.1) is 18.7 Å². The first kappa shape index (κ1) is 23.1. The number of hydrogen-bond acceptors (Lipinski definition) is 5. The lowest BCUT2D eigenvalue weighted by Crippen LogP contribution is -2.36. The Morgan fingerprint density at radius 1 is 1.14 bits per heavy atom. The molecule has 7 nitrogen and oxygen atoms in total. The topological polar surface area (TPSA) is 77.3 Å². The second-order valence-electron chi connectivity index (χ2n) is 10.0. The van der Waals surface area contributed by atoms with E-state index in [4.69, 9.17) is 4.74 Å². The van der Waals surface area contributed by atoms with Crippen LogP contribution in [0.5, 0.6) is 5.88 Å². The Hall–Kier alpha value is -3.30. The minimum Gasteiger partial charge on any atom is -0.474 e. The Morgan fingerprint density at radius 3 is 2.67 bits per heavy atom. The van der Waals surface area contributed by atoms with E-state index in [0.29, 0.717) is 25.4 Å². The van der Waals surface area contributed by atoms with Crippen molar-refractivity contribution in [3.8, 4) is 11.6 Å². The molecule has 0 bridgehead atoms. The van der Waals surface area contributed by atoms with Gasteiger partial charge in [0, 0.05) is 36.2 Å². The summed E-state index contributed by atoms with van der Waals surface area (Å²) in [5.41, 5.74) is 3.55. The molecule has 2 aromatic carbocycles. The van der Waals surface area contributed by atoms with E-state index in [1.165, 1.54) is 18.4 Å². The highest BCUT2D eigenvalue weighted by molar-refractivity contribution is 7.88. The first-order chi connectivity index (χ1) is 17.2. The van der Waals surface area contributed by atoms with E-state index in [9.17, 15) is 12.8 Å². The molecule has 3 atom stereocenters. The van der Waals surface area contributed by atoms with Crippen molar-refractivity contribution in [1.29, 1.82) is 0 Å². The molecular formula is C27H27FN4O3S. The van der Waals surface area contributed by atoms with Gasteiger partial charge in [-0.25, -0.2) is 26.8 Å². The molecule has 1 aliphatic heterocycles. The average Bonchev–Trinajstić information content (AvgIpc) is 3.50. The standard InChI is InChI=1S/C27H27FN4O3S/c1-18-11-25-19(15-30-32(25)22-8-6-21(28)7-9-22)12-24(18)27-14-23(35-26-5-3-4-10-29-26)13-20(27)16-31(17-27)36(2,33)34/h3-12,15,20,23H,13-14,16-17H2,1-2H3. The molecule has 2 fully saturated rings. The van der Waals surface area contributed by atoms with Crippen molar-refractivity contribution < 1.29 is 17.5 Å². The SMILES string of the molecule is Cc1cc2c(cnn2-c2ccc(F)cc2)cc1C12CC(Oc3ccccn3)CC1CN(S(C)(=O)=O)C2. The smallest absolute Gasteiger partial charge is 0.213 e. The van der Waals surface area contributed by atoms with E-state index in [1.807, 2.05) is 24.4 Å². The molecule has 3 unspecified atom stereocenters. The minimum atomic E-state index is -3.32. The van der Waals surface area contributed by atoms with Gasteiger partial charge in [-0.15, -0.1) is 0 Å². The molecule has 2 aromatic heterocycles. The van der Waals surface area contributed by atoms with Crippen molar-refractivity contribution in [3.63, 3.8) is 0 Å². The van der Waals surface area contributed by atoms with Crippen molar-refractivity contribution >= 4 is 20.9 Å². The number of aryl methyl sites for hydroxylation is 1. The Kier molecular flexibility index (Phi) is 5.38. The van der Waals surface area contributed by atoms with Gasteiger partial charge in [-0.05, 0) is 79.3 Å². The van der Waals surface area contributed by atoms with Gasteiger partial charge in [-0.2, -0.15) is 5.10 Å². The molecule has 2 aliphatic rings. The zero-order chi connectivity index (χ0) is 25.1. The van der Waals surface area contributed by atoms with E-state index in [-0.39, 0.29) is 23.3 Å². The molecule has 36 heavy (non-hydrogen) atoms. The zero-order valence-corrected chi connectivity index (χ0v) is 21.0. The number of fused-ring (bicyclic) bond motifs is 2. The molecule has 1 saturated heterocycles. The molecule has 3 heterocycles. The number of nitrogens with zero attached hydrogens (tertiary/aromatic N) is 4. The highest BCUT2D eigenvalue weighted by atomic mass is 32.2. The summed E-state index contributed by atoms with van der Waals surface area (Å²) in [7, 11) is -3.32. The maximum Gasteiger partial charge on any atom is 0.213 e. The van der Waals surface area contributed by atoms with Gasteiger partial charge in [0.2, 0.25) is 15.9 Å². The van der Waals surface area contributed by atoms with Crippen LogP contribution < -0.4 is 4.74 Å². The summed E-state index contributed by atoms with van der Waals surface area (Å²) in [5.74, 6) is 0.425. The predicted octanol–water partition coefficient (Wildman–Crippen LogP) is 4.24. The molecule has 9 heteroatoms. The normalized spacial score (nSPS) is 24.3. The lowest BCUT2D eigenvalue weighted by atomic mass is 9.72. The minimum absolute atomic E-state index is 0.0522. The molecule has 0 spiro atoms. The van der Waals surface area contributed by atoms with Crippen molar-refractivity contribution in [2.75, 3.05) is 19.3 Å². The summed E-state index contributed by atoms with van der Waals surface area (Å²) in [6.45, 7) is 2.98. The molecule has 6 rings (SSSR count). The van der Waals surface area contributed by atoms with Crippen LogP contribution in [0.1, 0.15) is 24.0 Å². The molecule has 0 amide bonds. The lowest BCUT2D eigenvalue weighted by molar-refractivity contribution is 0.184. The fourth-order valence-electron chi connectivity index (χ4n) is 6.12. The molecular weight excluding hydrogens is 479 g/mol. The average molecular weight is 507 g/mol. The summed E-state index contributed by atoms with van der Waals surface area (Å²) in [6.07, 6.45) is 6.22. The molecule has 4 aromatic rings. The maximum atomic E-state index is 13.5.